The number of benzene rings is 1. The van der Waals surface area contributed by atoms with Crippen LogP contribution in [0.2, 0.25) is 0 Å². The van der Waals surface area contributed by atoms with E-state index in [1.54, 1.807) is 20.8 Å². The molecule has 1 atom stereocenters. The number of amides is 1. The molecule has 1 aromatic rings. The van der Waals surface area contributed by atoms with Crippen LogP contribution in [0.3, 0.4) is 0 Å². The second-order valence-corrected chi connectivity index (χ2v) is 7.48. The van der Waals surface area contributed by atoms with Crippen molar-refractivity contribution in [2.75, 3.05) is 5.73 Å². The van der Waals surface area contributed by atoms with E-state index in [-0.39, 0.29) is 10.6 Å². The highest BCUT2D eigenvalue weighted by atomic mass is 32.2. The molecule has 0 bridgehead atoms. The molecule has 0 heterocycles. The third-order valence-corrected chi connectivity index (χ3v) is 4.04. The maximum absolute atomic E-state index is 13.3. The van der Waals surface area contributed by atoms with E-state index in [2.05, 4.69) is 10.0 Å². The molecule has 1 amide bonds. The third-order valence-electron chi connectivity index (χ3n) is 2.51. The molecule has 4 N–H and O–H groups in total. The molecule has 0 fully saturated rings. The van der Waals surface area contributed by atoms with E-state index in [9.17, 15) is 17.6 Å². The van der Waals surface area contributed by atoms with Gasteiger partial charge in [-0.25, -0.2) is 12.8 Å². The van der Waals surface area contributed by atoms with Crippen molar-refractivity contribution < 1.29 is 17.6 Å². The minimum atomic E-state index is -4.01. The van der Waals surface area contributed by atoms with Gasteiger partial charge in [0.25, 0.3) is 0 Å². The zero-order valence-corrected chi connectivity index (χ0v) is 13.2. The molecule has 0 aromatic heterocycles. The standard InChI is InChI=1S/C13H20FN3O3S/c1-8(12(18)16-13(2,3)4)17-21(19,20)9-5-6-11(15)10(14)7-9/h5-8,17H,15H2,1-4H3,(H,16,18). The van der Waals surface area contributed by atoms with Gasteiger partial charge in [0.2, 0.25) is 15.9 Å². The smallest absolute Gasteiger partial charge is 0.241 e. The summed E-state index contributed by atoms with van der Waals surface area (Å²) in [5, 5.41) is 2.65. The number of sulfonamides is 1. The number of nitrogens with one attached hydrogen (secondary N) is 2. The van der Waals surface area contributed by atoms with E-state index < -0.39 is 33.3 Å². The van der Waals surface area contributed by atoms with Crippen LogP contribution in [-0.2, 0) is 14.8 Å². The van der Waals surface area contributed by atoms with Crippen LogP contribution in [0, 0.1) is 5.82 Å². The van der Waals surface area contributed by atoms with Crippen LogP contribution in [0.1, 0.15) is 27.7 Å². The van der Waals surface area contributed by atoms with Gasteiger partial charge in [0.1, 0.15) is 5.82 Å². The summed E-state index contributed by atoms with van der Waals surface area (Å²) in [5.41, 5.74) is 4.67. The lowest BCUT2D eigenvalue weighted by molar-refractivity contribution is -0.123. The fraction of sp³-hybridized carbons (Fsp3) is 0.462. The molecule has 0 spiro atoms. The van der Waals surface area contributed by atoms with Gasteiger partial charge in [-0.2, -0.15) is 4.72 Å². The number of rotatable bonds is 4. The Kier molecular flexibility index (Phi) is 4.95. The van der Waals surface area contributed by atoms with Gasteiger partial charge in [-0.3, -0.25) is 4.79 Å². The molecule has 118 valence electrons. The highest BCUT2D eigenvalue weighted by Crippen LogP contribution is 2.16. The summed E-state index contributed by atoms with van der Waals surface area (Å²) in [4.78, 5) is 11.6. The molecule has 8 heteroatoms. The van der Waals surface area contributed by atoms with Gasteiger partial charge in [-0.15, -0.1) is 0 Å². The Hall–Kier alpha value is -1.67. The SMILES string of the molecule is CC(NS(=O)(=O)c1ccc(N)c(F)c1)C(=O)NC(C)(C)C. The number of carbonyl (C=O) groups is 1. The zero-order valence-electron chi connectivity index (χ0n) is 12.4. The van der Waals surface area contributed by atoms with Gasteiger partial charge in [0.05, 0.1) is 16.6 Å². The average molecular weight is 317 g/mol. The molecular weight excluding hydrogens is 297 g/mol. The van der Waals surface area contributed by atoms with Crippen molar-refractivity contribution in [3.63, 3.8) is 0 Å². The van der Waals surface area contributed by atoms with E-state index in [4.69, 9.17) is 5.73 Å². The summed E-state index contributed by atoms with van der Waals surface area (Å²) >= 11 is 0. The number of carbonyl (C=O) groups excluding carboxylic acids is 1. The molecule has 0 saturated carbocycles. The maximum atomic E-state index is 13.3. The predicted octanol–water partition coefficient (Wildman–Crippen LogP) is 0.989. The van der Waals surface area contributed by atoms with Gasteiger partial charge in [0.15, 0.2) is 0 Å². The Balaban J connectivity index is 2.89. The molecular formula is C13H20FN3O3S. The molecule has 0 aliphatic rings. The van der Waals surface area contributed by atoms with Gasteiger partial charge in [0, 0.05) is 5.54 Å². The van der Waals surface area contributed by atoms with Crippen LogP contribution in [0.15, 0.2) is 23.1 Å². The Bertz CT molecular complexity index is 639. The van der Waals surface area contributed by atoms with Crippen LogP contribution in [0.5, 0.6) is 0 Å². The van der Waals surface area contributed by atoms with Crippen molar-refractivity contribution in [1.82, 2.24) is 10.0 Å². The lowest BCUT2D eigenvalue weighted by atomic mass is 10.1. The van der Waals surface area contributed by atoms with Gasteiger partial charge in [-0.05, 0) is 45.9 Å². The minimum Gasteiger partial charge on any atom is -0.396 e. The molecule has 1 rings (SSSR count). The first-order valence-corrected chi connectivity index (χ1v) is 7.80. The summed E-state index contributed by atoms with van der Waals surface area (Å²) in [5.74, 6) is -1.30. The van der Waals surface area contributed by atoms with Crippen molar-refractivity contribution in [2.45, 2.75) is 44.2 Å². The molecule has 0 saturated heterocycles. The topological polar surface area (TPSA) is 101 Å². The van der Waals surface area contributed by atoms with Gasteiger partial charge < -0.3 is 11.1 Å². The van der Waals surface area contributed by atoms with E-state index in [1.807, 2.05) is 0 Å². The Morgan fingerprint density at radius 1 is 1.33 bits per heavy atom. The summed E-state index contributed by atoms with van der Waals surface area (Å²) in [6.07, 6.45) is 0. The van der Waals surface area contributed by atoms with E-state index in [0.717, 1.165) is 12.1 Å². The molecule has 0 radical (unpaired) electrons. The highest BCUT2D eigenvalue weighted by molar-refractivity contribution is 7.89. The largest absolute Gasteiger partial charge is 0.396 e. The predicted molar refractivity (Wildman–Crippen MR) is 78.5 cm³/mol. The lowest BCUT2D eigenvalue weighted by Crippen LogP contribution is -2.50. The van der Waals surface area contributed by atoms with Crippen molar-refractivity contribution in [1.29, 1.82) is 0 Å². The summed E-state index contributed by atoms with van der Waals surface area (Å²) in [6.45, 7) is 6.75. The van der Waals surface area contributed by atoms with Gasteiger partial charge >= 0.3 is 0 Å². The lowest BCUT2D eigenvalue weighted by Gasteiger charge is -2.23. The van der Waals surface area contributed by atoms with Crippen molar-refractivity contribution in [2.24, 2.45) is 0 Å². The monoisotopic (exact) mass is 317 g/mol. The molecule has 0 aliphatic carbocycles. The van der Waals surface area contributed by atoms with E-state index in [1.165, 1.54) is 13.0 Å². The van der Waals surface area contributed by atoms with E-state index >= 15 is 0 Å². The van der Waals surface area contributed by atoms with Crippen LogP contribution in [-0.4, -0.2) is 25.9 Å². The number of hydrogen-bond donors (Lipinski definition) is 3. The second-order valence-electron chi connectivity index (χ2n) is 5.77. The normalized spacial score (nSPS) is 13.8. The average Bonchev–Trinajstić information content (AvgIpc) is 2.29. The summed E-state index contributed by atoms with van der Waals surface area (Å²) < 4.78 is 39.7. The number of nitrogens with two attached hydrogens (primary N) is 1. The zero-order chi connectivity index (χ0) is 16.4. The second kappa shape index (κ2) is 5.98. The molecule has 6 nitrogen and oxygen atoms in total. The first kappa shape index (κ1) is 17.4. The highest BCUT2D eigenvalue weighted by Gasteiger charge is 2.25. The van der Waals surface area contributed by atoms with Crippen LogP contribution in [0.25, 0.3) is 0 Å². The number of halogens is 1. The molecule has 1 aromatic carbocycles. The fourth-order valence-corrected chi connectivity index (χ4v) is 2.72. The van der Waals surface area contributed by atoms with Crippen molar-refractivity contribution >= 4 is 21.6 Å². The maximum Gasteiger partial charge on any atom is 0.241 e. The van der Waals surface area contributed by atoms with Crippen molar-refractivity contribution in [3.05, 3.63) is 24.0 Å². The first-order chi connectivity index (χ1) is 9.42. The molecule has 21 heavy (non-hydrogen) atoms. The van der Waals surface area contributed by atoms with Crippen LogP contribution in [0.4, 0.5) is 10.1 Å². The fourth-order valence-electron chi connectivity index (χ4n) is 1.51. The number of anilines is 1. The summed E-state index contributed by atoms with van der Waals surface area (Å²) in [7, 11) is -4.01. The van der Waals surface area contributed by atoms with E-state index in [0.29, 0.717) is 0 Å². The Morgan fingerprint density at radius 2 is 1.90 bits per heavy atom. The van der Waals surface area contributed by atoms with Crippen LogP contribution < -0.4 is 15.8 Å². The quantitative estimate of drug-likeness (QED) is 0.721. The number of nitrogen functional groups attached to an aromatic ring is 1. The minimum absolute atomic E-state index is 0.146. The van der Waals surface area contributed by atoms with Crippen LogP contribution >= 0.6 is 0 Å². The van der Waals surface area contributed by atoms with Crippen molar-refractivity contribution in [3.8, 4) is 0 Å². The Labute approximate surface area is 124 Å². The Morgan fingerprint density at radius 3 is 2.38 bits per heavy atom. The van der Waals surface area contributed by atoms with Gasteiger partial charge in [-0.1, -0.05) is 0 Å². The molecule has 0 aliphatic heterocycles. The number of hydrogen-bond acceptors (Lipinski definition) is 4. The summed E-state index contributed by atoms with van der Waals surface area (Å²) in [6, 6.07) is 2.15. The molecule has 1 unspecified atom stereocenters. The first-order valence-electron chi connectivity index (χ1n) is 6.32. The third kappa shape index (κ3) is 4.98.